The summed E-state index contributed by atoms with van der Waals surface area (Å²) in [7, 11) is 0. The van der Waals surface area contributed by atoms with Gasteiger partial charge < -0.3 is 14.4 Å². The van der Waals surface area contributed by atoms with Gasteiger partial charge in [0.15, 0.2) is 5.70 Å². The van der Waals surface area contributed by atoms with Crippen LogP contribution in [0.1, 0.15) is 40.5 Å². The van der Waals surface area contributed by atoms with Gasteiger partial charge in [-0.2, -0.15) is 13.2 Å². The summed E-state index contributed by atoms with van der Waals surface area (Å²) in [6.07, 6.45) is -2.69. The highest BCUT2D eigenvalue weighted by Gasteiger charge is 2.37. The van der Waals surface area contributed by atoms with Crippen LogP contribution in [0.15, 0.2) is 29.1 Å². The topological polar surface area (TPSA) is 51.1 Å². The third kappa shape index (κ3) is 6.38. The predicted molar refractivity (Wildman–Crippen MR) is 93.9 cm³/mol. The van der Waals surface area contributed by atoms with Crippen molar-refractivity contribution in [2.45, 2.75) is 58.4 Å². The highest BCUT2D eigenvalue weighted by Crippen LogP contribution is 2.31. The first-order chi connectivity index (χ1) is 11.9. The highest BCUT2D eigenvalue weighted by atomic mass is 19.4. The van der Waals surface area contributed by atoms with Crippen molar-refractivity contribution in [3.63, 3.8) is 0 Å². The molecular weight excluding hydrogens is 349 g/mol. The van der Waals surface area contributed by atoms with Crippen LogP contribution in [-0.2, 0) is 9.47 Å². The van der Waals surface area contributed by atoms with E-state index < -0.39 is 29.3 Å². The van der Waals surface area contributed by atoms with E-state index in [2.05, 4.69) is 18.3 Å². The maximum atomic E-state index is 12.9. The summed E-state index contributed by atoms with van der Waals surface area (Å²) in [5, 5.41) is 0. The van der Waals surface area contributed by atoms with Crippen LogP contribution < -0.4 is 0 Å². The van der Waals surface area contributed by atoms with Crippen LogP contribution in [0, 0.1) is 5.92 Å². The molecule has 1 saturated heterocycles. The number of nitrogens with zero attached hydrogens (tertiary/aromatic N) is 2. The van der Waals surface area contributed by atoms with Crippen LogP contribution in [0.5, 0.6) is 0 Å². The fourth-order valence-electron chi connectivity index (χ4n) is 2.63. The van der Waals surface area contributed by atoms with Gasteiger partial charge in [0.1, 0.15) is 11.4 Å². The maximum absolute atomic E-state index is 12.9. The zero-order valence-electron chi connectivity index (χ0n) is 15.7. The van der Waals surface area contributed by atoms with Gasteiger partial charge in [-0.1, -0.05) is 6.58 Å². The van der Waals surface area contributed by atoms with Crippen LogP contribution in [0.2, 0.25) is 0 Å². The molecule has 2 unspecified atom stereocenters. The Labute approximate surface area is 152 Å². The molecule has 0 aromatic carbocycles. The van der Waals surface area contributed by atoms with Gasteiger partial charge in [-0.3, -0.25) is 4.99 Å². The number of alkyl halides is 3. The minimum atomic E-state index is -4.67. The molecular formula is C18H27F3N2O3. The minimum absolute atomic E-state index is 0.00362. The number of carbonyl (C=O) groups excluding carboxylic acids is 1. The van der Waals surface area contributed by atoms with Gasteiger partial charge in [-0.15, -0.1) is 0 Å². The number of rotatable bonds is 5. The van der Waals surface area contributed by atoms with E-state index in [4.69, 9.17) is 9.47 Å². The quantitative estimate of drug-likeness (QED) is 0.397. The summed E-state index contributed by atoms with van der Waals surface area (Å²) in [4.78, 5) is 16.9. The van der Waals surface area contributed by atoms with E-state index in [1.165, 1.54) is 0 Å². The third-order valence-electron chi connectivity index (χ3n) is 3.93. The number of halogens is 3. The van der Waals surface area contributed by atoms with Crippen molar-refractivity contribution in [3.05, 3.63) is 24.1 Å². The average Bonchev–Trinajstić information content (AvgIpc) is 2.49. The molecule has 2 atom stereocenters. The van der Waals surface area contributed by atoms with Crippen LogP contribution in [0.3, 0.4) is 0 Å². The van der Waals surface area contributed by atoms with E-state index in [-0.39, 0.29) is 18.6 Å². The third-order valence-corrected chi connectivity index (χ3v) is 3.93. The summed E-state index contributed by atoms with van der Waals surface area (Å²) in [6, 6.07) is -0.00362. The highest BCUT2D eigenvalue weighted by molar-refractivity contribution is 5.68. The molecule has 1 aliphatic heterocycles. The molecule has 0 radical (unpaired) electrons. The molecule has 1 heterocycles. The van der Waals surface area contributed by atoms with Gasteiger partial charge in [-0.05, 0) is 53.3 Å². The van der Waals surface area contributed by atoms with Crippen molar-refractivity contribution in [1.29, 1.82) is 0 Å². The standard InChI is InChI=1S/C18H27F3N2O3/c1-7-14(15(22-6)18(19,20)21)25-11-13-9-8-12(2)23(10-13)16(24)26-17(3,4)5/h7,12-13H,1,6,8-11H2,2-5H3/b15-14+. The summed E-state index contributed by atoms with van der Waals surface area (Å²) in [6.45, 7) is 13.9. The van der Waals surface area contributed by atoms with E-state index in [0.29, 0.717) is 13.0 Å². The van der Waals surface area contributed by atoms with Crippen LogP contribution >= 0.6 is 0 Å². The molecule has 0 saturated carbocycles. The molecule has 1 aliphatic rings. The van der Waals surface area contributed by atoms with E-state index >= 15 is 0 Å². The monoisotopic (exact) mass is 376 g/mol. The van der Waals surface area contributed by atoms with Crippen molar-refractivity contribution in [3.8, 4) is 0 Å². The lowest BCUT2D eigenvalue weighted by molar-refractivity contribution is -0.0958. The molecule has 0 aromatic rings. The normalized spacial score (nSPS) is 22.3. The van der Waals surface area contributed by atoms with E-state index in [1.54, 1.807) is 25.7 Å². The number of hydrogen-bond acceptors (Lipinski definition) is 4. The molecule has 0 bridgehead atoms. The molecule has 0 aliphatic carbocycles. The molecule has 1 amide bonds. The van der Waals surface area contributed by atoms with Gasteiger partial charge in [0.05, 0.1) is 6.61 Å². The molecule has 1 rings (SSSR count). The first-order valence-corrected chi connectivity index (χ1v) is 8.42. The number of carbonyl (C=O) groups is 1. The fourth-order valence-corrected chi connectivity index (χ4v) is 2.63. The number of aliphatic imine (C=N–C) groups is 1. The number of allylic oxidation sites excluding steroid dienone is 2. The fraction of sp³-hybridized carbons (Fsp3) is 0.667. The number of ether oxygens (including phenoxy) is 2. The number of hydrogen-bond donors (Lipinski definition) is 0. The lowest BCUT2D eigenvalue weighted by Gasteiger charge is -2.38. The lowest BCUT2D eigenvalue weighted by Crippen LogP contribution is -2.48. The Bertz CT molecular complexity index is 565. The number of piperidine rings is 1. The second kappa shape index (κ2) is 8.60. The second-order valence-electron chi connectivity index (χ2n) is 7.31. The first kappa shape index (κ1) is 22.1. The minimum Gasteiger partial charge on any atom is -0.491 e. The molecule has 148 valence electrons. The maximum Gasteiger partial charge on any atom is 0.437 e. The molecule has 0 N–H and O–H groups in total. The number of amides is 1. The zero-order valence-corrected chi connectivity index (χ0v) is 15.7. The molecule has 0 spiro atoms. The molecule has 1 fully saturated rings. The van der Waals surface area contributed by atoms with Gasteiger partial charge in [-0.25, -0.2) is 4.79 Å². The van der Waals surface area contributed by atoms with Crippen LogP contribution in [0.4, 0.5) is 18.0 Å². The first-order valence-electron chi connectivity index (χ1n) is 8.42. The van der Waals surface area contributed by atoms with Crippen molar-refractivity contribution < 1.29 is 27.4 Å². The molecule has 5 nitrogen and oxygen atoms in total. The summed E-state index contributed by atoms with van der Waals surface area (Å²) < 4.78 is 49.4. The summed E-state index contributed by atoms with van der Waals surface area (Å²) in [5.41, 5.74) is -1.82. The molecule has 26 heavy (non-hydrogen) atoms. The Balaban J connectivity index is 2.79. The van der Waals surface area contributed by atoms with Gasteiger partial charge in [0, 0.05) is 18.5 Å². The van der Waals surface area contributed by atoms with Crippen molar-refractivity contribution in [2.24, 2.45) is 10.9 Å². The van der Waals surface area contributed by atoms with Gasteiger partial charge in [0.25, 0.3) is 0 Å². The van der Waals surface area contributed by atoms with E-state index in [9.17, 15) is 18.0 Å². The van der Waals surface area contributed by atoms with Gasteiger partial charge >= 0.3 is 12.3 Å². The Morgan fingerprint density at radius 1 is 1.31 bits per heavy atom. The van der Waals surface area contributed by atoms with Crippen LogP contribution in [-0.4, -0.2) is 48.7 Å². The Morgan fingerprint density at radius 3 is 2.38 bits per heavy atom. The Morgan fingerprint density at radius 2 is 1.92 bits per heavy atom. The average molecular weight is 376 g/mol. The number of likely N-dealkylation sites (tertiary alicyclic amines) is 1. The smallest absolute Gasteiger partial charge is 0.437 e. The Hall–Kier alpha value is -1.99. The van der Waals surface area contributed by atoms with Crippen LogP contribution in [0.25, 0.3) is 0 Å². The molecule has 0 aromatic heterocycles. The zero-order chi connectivity index (χ0) is 20.1. The Kier molecular flexibility index (Phi) is 7.29. The van der Waals surface area contributed by atoms with E-state index in [1.807, 2.05) is 6.92 Å². The molecule has 8 heteroatoms. The SMILES string of the molecule is C=C/C(OCC1CCC(C)N(C(=O)OC(C)(C)C)C1)=C(\N=C)C(F)(F)F. The van der Waals surface area contributed by atoms with E-state index in [0.717, 1.165) is 12.5 Å². The summed E-state index contributed by atoms with van der Waals surface area (Å²) in [5.74, 6) is -0.581. The predicted octanol–water partition coefficient (Wildman–Crippen LogP) is 4.70. The lowest BCUT2D eigenvalue weighted by atomic mass is 9.94. The summed E-state index contributed by atoms with van der Waals surface area (Å²) >= 11 is 0. The van der Waals surface area contributed by atoms with Gasteiger partial charge in [0.2, 0.25) is 0 Å². The van der Waals surface area contributed by atoms with Crippen molar-refractivity contribution in [1.82, 2.24) is 4.90 Å². The largest absolute Gasteiger partial charge is 0.491 e. The second-order valence-corrected chi connectivity index (χ2v) is 7.31. The van der Waals surface area contributed by atoms with Crippen molar-refractivity contribution in [2.75, 3.05) is 13.2 Å². The van der Waals surface area contributed by atoms with Crippen molar-refractivity contribution >= 4 is 12.8 Å².